The Morgan fingerprint density at radius 1 is 1.20 bits per heavy atom. The minimum atomic E-state index is -0.304. The van der Waals surface area contributed by atoms with Crippen molar-refractivity contribution in [1.82, 2.24) is 9.88 Å². The van der Waals surface area contributed by atoms with Crippen molar-refractivity contribution >= 4 is 35.1 Å². The monoisotopic (exact) mass is 421 g/mol. The Bertz CT molecular complexity index is 997. The predicted octanol–water partition coefficient (Wildman–Crippen LogP) is 2.38. The molecule has 2 aliphatic rings. The summed E-state index contributed by atoms with van der Waals surface area (Å²) in [5.74, 6) is 0.507. The molecule has 1 unspecified atom stereocenters. The minimum Gasteiger partial charge on any atom is -0.353 e. The number of piperazine rings is 1. The number of nitriles is 1. The summed E-state index contributed by atoms with van der Waals surface area (Å²) in [7, 11) is 0. The van der Waals surface area contributed by atoms with Crippen molar-refractivity contribution in [3.63, 3.8) is 0 Å². The summed E-state index contributed by atoms with van der Waals surface area (Å²) in [6.07, 6.45) is 3.90. The first-order valence-corrected chi connectivity index (χ1v) is 11.2. The van der Waals surface area contributed by atoms with Gasteiger partial charge in [-0.1, -0.05) is 6.07 Å². The standard InChI is InChI=1S/C22H23N5O2S/c1-30-19-4-2-3-18(13-19)27-15-17(12-21(27)28)22(29)26-9-7-25(8-10-26)20-11-16(14-23)5-6-24-20/h2-6,11,13,17H,7-10,12,15H2,1H3. The SMILES string of the molecule is CSc1cccc(N2CC(C(=O)N3CCN(c4cc(C#N)ccn4)CC3)CC2=O)c1. The Morgan fingerprint density at radius 3 is 2.73 bits per heavy atom. The first-order valence-electron chi connectivity index (χ1n) is 9.93. The molecule has 4 rings (SSSR count). The summed E-state index contributed by atoms with van der Waals surface area (Å²) >= 11 is 1.63. The summed E-state index contributed by atoms with van der Waals surface area (Å²) in [4.78, 5) is 36.7. The van der Waals surface area contributed by atoms with Crippen molar-refractivity contribution in [1.29, 1.82) is 5.26 Å². The Labute approximate surface area is 180 Å². The van der Waals surface area contributed by atoms with Crippen LogP contribution in [-0.2, 0) is 9.59 Å². The van der Waals surface area contributed by atoms with E-state index < -0.39 is 0 Å². The van der Waals surface area contributed by atoms with E-state index in [2.05, 4.69) is 16.0 Å². The molecule has 0 radical (unpaired) electrons. The zero-order valence-electron chi connectivity index (χ0n) is 16.8. The highest BCUT2D eigenvalue weighted by Gasteiger charge is 2.38. The molecule has 3 heterocycles. The van der Waals surface area contributed by atoms with Crippen LogP contribution in [0.25, 0.3) is 0 Å². The van der Waals surface area contributed by atoms with Gasteiger partial charge in [0.05, 0.1) is 17.6 Å². The van der Waals surface area contributed by atoms with Crippen LogP contribution in [0.2, 0.25) is 0 Å². The molecular formula is C22H23N5O2S. The lowest BCUT2D eigenvalue weighted by atomic mass is 10.1. The number of aromatic nitrogens is 1. The third kappa shape index (κ3) is 4.12. The Hall–Kier alpha value is -3.05. The zero-order chi connectivity index (χ0) is 21.1. The molecule has 2 aliphatic heterocycles. The molecule has 1 aromatic carbocycles. The first kappa shape index (κ1) is 20.2. The van der Waals surface area contributed by atoms with Crippen LogP contribution in [-0.4, -0.2) is 60.7 Å². The largest absolute Gasteiger partial charge is 0.353 e. The van der Waals surface area contributed by atoms with E-state index in [1.54, 1.807) is 35.0 Å². The molecule has 0 spiro atoms. The molecule has 2 amide bonds. The van der Waals surface area contributed by atoms with Crippen LogP contribution >= 0.6 is 11.8 Å². The lowest BCUT2D eigenvalue weighted by Crippen LogP contribution is -2.51. The lowest BCUT2D eigenvalue weighted by Gasteiger charge is -2.36. The molecule has 2 fully saturated rings. The number of carbonyl (C=O) groups is 2. The van der Waals surface area contributed by atoms with Gasteiger partial charge in [-0.3, -0.25) is 9.59 Å². The third-order valence-corrected chi connectivity index (χ3v) is 6.35. The quantitative estimate of drug-likeness (QED) is 0.705. The van der Waals surface area contributed by atoms with Gasteiger partial charge in [-0.2, -0.15) is 5.26 Å². The van der Waals surface area contributed by atoms with E-state index in [1.807, 2.05) is 35.4 Å². The molecule has 1 atom stereocenters. The summed E-state index contributed by atoms with van der Waals surface area (Å²) in [5.41, 5.74) is 1.43. The van der Waals surface area contributed by atoms with Gasteiger partial charge in [0.1, 0.15) is 5.82 Å². The van der Waals surface area contributed by atoms with Gasteiger partial charge in [-0.25, -0.2) is 4.98 Å². The summed E-state index contributed by atoms with van der Waals surface area (Å²) in [5, 5.41) is 9.07. The van der Waals surface area contributed by atoms with Crippen molar-refractivity contribution < 1.29 is 9.59 Å². The van der Waals surface area contributed by atoms with Gasteiger partial charge >= 0.3 is 0 Å². The molecule has 30 heavy (non-hydrogen) atoms. The van der Waals surface area contributed by atoms with Gasteiger partial charge in [-0.15, -0.1) is 11.8 Å². The zero-order valence-corrected chi connectivity index (χ0v) is 17.6. The number of carbonyl (C=O) groups excluding carboxylic acids is 2. The number of amides is 2. The van der Waals surface area contributed by atoms with Crippen LogP contribution < -0.4 is 9.80 Å². The fourth-order valence-electron chi connectivity index (χ4n) is 3.98. The van der Waals surface area contributed by atoms with Crippen LogP contribution in [0.1, 0.15) is 12.0 Å². The van der Waals surface area contributed by atoms with Gasteiger partial charge in [0.15, 0.2) is 0 Å². The predicted molar refractivity (Wildman–Crippen MR) is 116 cm³/mol. The highest BCUT2D eigenvalue weighted by atomic mass is 32.2. The Morgan fingerprint density at radius 2 is 2.00 bits per heavy atom. The lowest BCUT2D eigenvalue weighted by molar-refractivity contribution is -0.136. The molecule has 2 aromatic rings. The second kappa shape index (κ2) is 8.76. The van der Waals surface area contributed by atoms with E-state index in [1.165, 1.54) is 0 Å². The van der Waals surface area contributed by atoms with Gasteiger partial charge in [0.2, 0.25) is 11.8 Å². The smallest absolute Gasteiger partial charge is 0.228 e. The second-order valence-corrected chi connectivity index (χ2v) is 8.31. The maximum absolute atomic E-state index is 13.1. The normalized spacial score (nSPS) is 19.1. The highest BCUT2D eigenvalue weighted by molar-refractivity contribution is 7.98. The highest BCUT2D eigenvalue weighted by Crippen LogP contribution is 2.29. The number of pyridine rings is 1. The number of anilines is 2. The molecule has 7 nitrogen and oxygen atoms in total. The molecule has 1 aromatic heterocycles. The average Bonchev–Trinajstić information content (AvgIpc) is 3.20. The van der Waals surface area contributed by atoms with Crippen molar-refractivity contribution in [3.8, 4) is 6.07 Å². The fraction of sp³-hybridized carbons (Fsp3) is 0.364. The van der Waals surface area contributed by atoms with E-state index >= 15 is 0 Å². The van der Waals surface area contributed by atoms with E-state index in [0.717, 1.165) is 16.4 Å². The Kier molecular flexibility index (Phi) is 5.91. The minimum absolute atomic E-state index is 0.00255. The molecule has 8 heteroatoms. The molecule has 0 bridgehead atoms. The van der Waals surface area contributed by atoms with Crippen LogP contribution in [0.3, 0.4) is 0 Å². The van der Waals surface area contributed by atoms with Crippen LogP contribution in [0.15, 0.2) is 47.5 Å². The molecule has 0 aliphatic carbocycles. The van der Waals surface area contributed by atoms with Crippen molar-refractivity contribution in [3.05, 3.63) is 48.2 Å². The maximum Gasteiger partial charge on any atom is 0.228 e. The van der Waals surface area contributed by atoms with Crippen molar-refractivity contribution in [2.24, 2.45) is 5.92 Å². The number of benzene rings is 1. The topological polar surface area (TPSA) is 80.5 Å². The Balaban J connectivity index is 1.37. The van der Waals surface area contributed by atoms with E-state index in [9.17, 15) is 9.59 Å². The molecule has 154 valence electrons. The van der Waals surface area contributed by atoms with Crippen LogP contribution in [0.4, 0.5) is 11.5 Å². The van der Waals surface area contributed by atoms with Crippen LogP contribution in [0, 0.1) is 17.2 Å². The van der Waals surface area contributed by atoms with E-state index in [0.29, 0.717) is 38.3 Å². The van der Waals surface area contributed by atoms with Gasteiger partial charge in [0.25, 0.3) is 0 Å². The van der Waals surface area contributed by atoms with Crippen molar-refractivity contribution in [2.75, 3.05) is 48.8 Å². The van der Waals surface area contributed by atoms with Crippen LogP contribution in [0.5, 0.6) is 0 Å². The summed E-state index contributed by atoms with van der Waals surface area (Å²) < 4.78 is 0. The van der Waals surface area contributed by atoms with Crippen molar-refractivity contribution in [2.45, 2.75) is 11.3 Å². The van der Waals surface area contributed by atoms with E-state index in [-0.39, 0.29) is 24.2 Å². The second-order valence-electron chi connectivity index (χ2n) is 7.43. The van der Waals surface area contributed by atoms with Gasteiger partial charge in [-0.05, 0) is 36.6 Å². The number of hydrogen-bond donors (Lipinski definition) is 0. The average molecular weight is 422 g/mol. The molecule has 2 saturated heterocycles. The first-order chi connectivity index (χ1) is 14.6. The molecule has 0 saturated carbocycles. The summed E-state index contributed by atoms with van der Waals surface area (Å²) in [6.45, 7) is 2.93. The third-order valence-electron chi connectivity index (χ3n) is 5.63. The number of hydrogen-bond acceptors (Lipinski definition) is 6. The fourth-order valence-corrected chi connectivity index (χ4v) is 4.43. The number of rotatable bonds is 4. The summed E-state index contributed by atoms with van der Waals surface area (Å²) in [6, 6.07) is 13.5. The maximum atomic E-state index is 13.1. The number of nitrogens with zero attached hydrogens (tertiary/aromatic N) is 5. The molecular weight excluding hydrogens is 398 g/mol. The van der Waals surface area contributed by atoms with Gasteiger partial charge in [0, 0.05) is 55.9 Å². The number of thioether (sulfide) groups is 1. The van der Waals surface area contributed by atoms with Gasteiger partial charge < -0.3 is 14.7 Å². The molecule has 0 N–H and O–H groups in total. The van der Waals surface area contributed by atoms with E-state index in [4.69, 9.17) is 5.26 Å².